The Labute approximate surface area is 144 Å². The van der Waals surface area contributed by atoms with E-state index in [-0.39, 0.29) is 21.5 Å². The van der Waals surface area contributed by atoms with Crippen molar-refractivity contribution in [1.82, 2.24) is 5.16 Å². The van der Waals surface area contributed by atoms with Gasteiger partial charge in [0.2, 0.25) is 5.88 Å². The number of nitrogens with one attached hydrogen (secondary N) is 2. The van der Waals surface area contributed by atoms with Crippen LogP contribution in [0.5, 0.6) is 0 Å². The minimum atomic E-state index is -4.60. The van der Waals surface area contributed by atoms with Crippen LogP contribution in [0.15, 0.2) is 33.3 Å². The maximum atomic E-state index is 13.0. The van der Waals surface area contributed by atoms with Crippen molar-refractivity contribution in [3.05, 3.63) is 40.0 Å². The average Bonchev–Trinajstić information content (AvgIpc) is 2.88. The molecule has 2 N–H and O–H groups in total. The van der Waals surface area contributed by atoms with Crippen LogP contribution in [-0.4, -0.2) is 11.2 Å². The van der Waals surface area contributed by atoms with E-state index in [0.717, 1.165) is 12.1 Å². The van der Waals surface area contributed by atoms with Crippen molar-refractivity contribution in [2.24, 2.45) is 0 Å². The molecule has 2 aromatic rings. The number of hydrogen-bond acceptors (Lipinski definition) is 3. The molecule has 0 bridgehead atoms. The molecule has 2 rings (SSSR count). The highest BCUT2D eigenvalue weighted by molar-refractivity contribution is 9.10. The normalized spacial score (nSPS) is 12.1. The molecule has 2 amide bonds. The second-order valence-corrected chi connectivity index (χ2v) is 7.01. The van der Waals surface area contributed by atoms with E-state index >= 15 is 0 Å². The molecule has 0 aliphatic heterocycles. The third-order valence-corrected chi connectivity index (χ3v) is 3.54. The van der Waals surface area contributed by atoms with Crippen molar-refractivity contribution in [1.29, 1.82) is 0 Å². The first-order valence-electron chi connectivity index (χ1n) is 6.89. The first-order valence-corrected chi connectivity index (χ1v) is 7.68. The lowest BCUT2D eigenvalue weighted by Crippen LogP contribution is -2.21. The van der Waals surface area contributed by atoms with Gasteiger partial charge in [0.15, 0.2) is 0 Å². The number of alkyl halides is 3. The summed E-state index contributed by atoms with van der Waals surface area (Å²) in [6.07, 6.45) is -4.60. The van der Waals surface area contributed by atoms with E-state index in [1.54, 1.807) is 0 Å². The Balaban J connectivity index is 2.15. The van der Waals surface area contributed by atoms with Crippen LogP contribution in [0.3, 0.4) is 0 Å². The van der Waals surface area contributed by atoms with E-state index in [9.17, 15) is 18.0 Å². The summed E-state index contributed by atoms with van der Waals surface area (Å²) in [4.78, 5) is 11.9. The summed E-state index contributed by atoms with van der Waals surface area (Å²) in [7, 11) is 0. The summed E-state index contributed by atoms with van der Waals surface area (Å²) in [6.45, 7) is 5.73. The van der Waals surface area contributed by atoms with Gasteiger partial charge in [-0.25, -0.2) is 4.79 Å². The van der Waals surface area contributed by atoms with Crippen LogP contribution >= 0.6 is 15.9 Å². The number of rotatable bonds is 2. The first kappa shape index (κ1) is 18.3. The fourth-order valence-electron chi connectivity index (χ4n) is 1.81. The summed E-state index contributed by atoms with van der Waals surface area (Å²) >= 11 is 2.98. The van der Waals surface area contributed by atoms with Crippen LogP contribution in [0.25, 0.3) is 0 Å². The van der Waals surface area contributed by atoms with E-state index < -0.39 is 17.8 Å². The van der Waals surface area contributed by atoms with Crippen molar-refractivity contribution in [3.63, 3.8) is 0 Å². The average molecular weight is 406 g/mol. The van der Waals surface area contributed by atoms with Crippen molar-refractivity contribution in [3.8, 4) is 0 Å². The Hall–Kier alpha value is -2.03. The van der Waals surface area contributed by atoms with Gasteiger partial charge in [-0.05, 0) is 18.2 Å². The third-order valence-electron chi connectivity index (χ3n) is 3.05. The minimum absolute atomic E-state index is 0.0445. The smallest absolute Gasteiger partial charge is 0.338 e. The zero-order chi connectivity index (χ0) is 18.1. The molecule has 0 fully saturated rings. The molecule has 0 spiro atoms. The van der Waals surface area contributed by atoms with Gasteiger partial charge in [-0.1, -0.05) is 41.9 Å². The largest absolute Gasteiger partial charge is 0.418 e. The highest BCUT2D eigenvalue weighted by Crippen LogP contribution is 2.36. The third kappa shape index (κ3) is 4.50. The van der Waals surface area contributed by atoms with Crippen LogP contribution in [0.2, 0.25) is 0 Å². The highest BCUT2D eigenvalue weighted by Gasteiger charge is 2.34. The Morgan fingerprint density at radius 2 is 1.83 bits per heavy atom. The maximum absolute atomic E-state index is 13.0. The van der Waals surface area contributed by atoms with Crippen molar-refractivity contribution < 1.29 is 22.5 Å². The van der Waals surface area contributed by atoms with Crippen molar-refractivity contribution in [2.75, 3.05) is 10.6 Å². The number of aromatic nitrogens is 1. The van der Waals surface area contributed by atoms with E-state index in [2.05, 4.69) is 31.7 Å². The number of carbonyl (C=O) groups excluding carboxylic acids is 1. The summed E-state index contributed by atoms with van der Waals surface area (Å²) in [5.41, 5.74) is -0.995. The standard InChI is InChI=1S/C15H15BrF3N3O2/c1-14(2,3)11-7-12(24-22-11)21-13(23)20-10-5-4-8(16)6-9(10)15(17,18)19/h4-7H,1-3H3,(H2,20,21,23). The molecule has 1 aromatic carbocycles. The topological polar surface area (TPSA) is 67.2 Å². The van der Waals surface area contributed by atoms with Crippen LogP contribution in [0.4, 0.5) is 29.5 Å². The molecule has 0 unspecified atom stereocenters. The lowest BCUT2D eigenvalue weighted by molar-refractivity contribution is -0.136. The van der Waals surface area contributed by atoms with Gasteiger partial charge in [0.1, 0.15) is 0 Å². The summed E-state index contributed by atoms with van der Waals surface area (Å²) < 4.78 is 44.3. The first-order chi connectivity index (χ1) is 11.0. The van der Waals surface area contributed by atoms with Crippen LogP contribution in [-0.2, 0) is 11.6 Å². The van der Waals surface area contributed by atoms with E-state index in [0.29, 0.717) is 5.69 Å². The fraction of sp³-hybridized carbons (Fsp3) is 0.333. The number of urea groups is 1. The zero-order valence-electron chi connectivity index (χ0n) is 13.1. The number of halogens is 4. The minimum Gasteiger partial charge on any atom is -0.338 e. The molecule has 130 valence electrons. The number of nitrogens with zero attached hydrogens (tertiary/aromatic N) is 1. The van der Waals surface area contributed by atoms with Gasteiger partial charge in [0.05, 0.1) is 16.9 Å². The number of benzene rings is 1. The Bertz CT molecular complexity index is 751. The zero-order valence-corrected chi connectivity index (χ0v) is 14.7. The summed E-state index contributed by atoms with van der Waals surface area (Å²) in [5, 5.41) is 8.29. The summed E-state index contributed by atoms with van der Waals surface area (Å²) in [6, 6.07) is 4.11. The van der Waals surface area contributed by atoms with E-state index in [1.807, 2.05) is 20.8 Å². The quantitative estimate of drug-likeness (QED) is 0.702. The van der Waals surface area contributed by atoms with Gasteiger partial charge in [-0.15, -0.1) is 0 Å². The molecule has 1 heterocycles. The molecule has 0 aliphatic carbocycles. The van der Waals surface area contributed by atoms with Crippen LogP contribution in [0, 0.1) is 0 Å². The lowest BCUT2D eigenvalue weighted by atomic mass is 9.92. The van der Waals surface area contributed by atoms with E-state index in [1.165, 1.54) is 12.1 Å². The van der Waals surface area contributed by atoms with Crippen molar-refractivity contribution in [2.45, 2.75) is 32.4 Å². The molecule has 5 nitrogen and oxygen atoms in total. The predicted molar refractivity (Wildman–Crippen MR) is 87.0 cm³/mol. The van der Waals surface area contributed by atoms with Crippen LogP contribution < -0.4 is 10.6 Å². The second-order valence-electron chi connectivity index (χ2n) is 6.09. The number of carbonyl (C=O) groups is 1. The molecule has 0 aliphatic rings. The Morgan fingerprint density at radius 3 is 2.38 bits per heavy atom. The maximum Gasteiger partial charge on any atom is 0.418 e. The van der Waals surface area contributed by atoms with Gasteiger partial charge in [-0.3, -0.25) is 5.32 Å². The number of amides is 2. The molecule has 24 heavy (non-hydrogen) atoms. The Kier molecular flexibility index (Phi) is 4.93. The molecular weight excluding hydrogens is 391 g/mol. The van der Waals surface area contributed by atoms with Gasteiger partial charge in [0, 0.05) is 16.0 Å². The molecule has 1 aromatic heterocycles. The van der Waals surface area contributed by atoms with Gasteiger partial charge >= 0.3 is 12.2 Å². The monoisotopic (exact) mass is 405 g/mol. The van der Waals surface area contributed by atoms with Crippen molar-refractivity contribution >= 4 is 33.5 Å². The predicted octanol–water partition coefficient (Wildman–Crippen LogP) is 5.40. The molecule has 0 saturated heterocycles. The van der Waals surface area contributed by atoms with Crippen LogP contribution in [0.1, 0.15) is 32.0 Å². The molecular formula is C15H15BrF3N3O2. The van der Waals surface area contributed by atoms with Gasteiger partial charge in [0.25, 0.3) is 0 Å². The molecule has 0 radical (unpaired) electrons. The summed E-state index contributed by atoms with van der Waals surface area (Å²) in [5.74, 6) is 0.0445. The number of hydrogen-bond donors (Lipinski definition) is 2. The Morgan fingerprint density at radius 1 is 1.17 bits per heavy atom. The lowest BCUT2D eigenvalue weighted by Gasteiger charge is -2.14. The fourth-order valence-corrected chi connectivity index (χ4v) is 2.17. The van der Waals surface area contributed by atoms with Gasteiger partial charge in [-0.2, -0.15) is 13.2 Å². The van der Waals surface area contributed by atoms with Gasteiger partial charge < -0.3 is 9.84 Å². The molecule has 0 atom stereocenters. The highest BCUT2D eigenvalue weighted by atomic mass is 79.9. The number of anilines is 2. The SMILES string of the molecule is CC(C)(C)c1cc(NC(=O)Nc2ccc(Br)cc2C(F)(F)F)on1. The molecule has 0 saturated carbocycles. The second kappa shape index (κ2) is 6.46. The molecule has 9 heteroatoms. The van der Waals surface area contributed by atoms with E-state index in [4.69, 9.17) is 4.52 Å².